The molecule has 0 atom stereocenters. The van der Waals surface area contributed by atoms with Crippen LogP contribution in [0, 0.1) is 0 Å². The molecule has 0 amide bonds. The Labute approximate surface area is 71.6 Å². The standard InChI is InChI=1S/C5H8F3N3O2/c1-11(2-3(12)13)4(9)10-5(6,7)8/h2H2,1H3,(H2,9,10)(H,12,13). The number of likely N-dealkylation sites (N-methyl/N-ethyl adjacent to an activating group) is 1. The lowest BCUT2D eigenvalue weighted by molar-refractivity contribution is -0.137. The summed E-state index contributed by atoms with van der Waals surface area (Å²) < 4.78 is 34.7. The van der Waals surface area contributed by atoms with Gasteiger partial charge in [-0.25, -0.2) is 0 Å². The van der Waals surface area contributed by atoms with Crippen molar-refractivity contribution in [2.45, 2.75) is 6.30 Å². The van der Waals surface area contributed by atoms with Crippen molar-refractivity contribution >= 4 is 11.9 Å². The molecule has 0 aliphatic carbocycles. The molecule has 8 heteroatoms. The van der Waals surface area contributed by atoms with Crippen molar-refractivity contribution in [3.8, 4) is 0 Å². The van der Waals surface area contributed by atoms with E-state index in [2.05, 4.69) is 4.99 Å². The van der Waals surface area contributed by atoms with Crippen molar-refractivity contribution in [1.82, 2.24) is 4.90 Å². The molecule has 0 unspecified atom stereocenters. The number of aliphatic imine (C=N–C) groups is 1. The van der Waals surface area contributed by atoms with Crippen LogP contribution in [0.2, 0.25) is 0 Å². The smallest absolute Gasteiger partial charge is 0.480 e. The maximum absolute atomic E-state index is 11.6. The summed E-state index contributed by atoms with van der Waals surface area (Å²) >= 11 is 0. The van der Waals surface area contributed by atoms with Gasteiger partial charge in [-0.2, -0.15) is 4.99 Å². The Hall–Kier alpha value is -1.47. The molecule has 0 fully saturated rings. The quantitative estimate of drug-likeness (QED) is 0.368. The molecule has 3 N–H and O–H groups in total. The van der Waals surface area contributed by atoms with Crippen LogP contribution in [0.4, 0.5) is 13.2 Å². The first-order valence-corrected chi connectivity index (χ1v) is 3.07. The normalized spacial score (nSPS) is 12.8. The number of guanidine groups is 1. The number of alkyl halides is 3. The number of carboxylic acids is 1. The molecule has 0 spiro atoms. The van der Waals surface area contributed by atoms with Crippen LogP contribution in [0.1, 0.15) is 0 Å². The fourth-order valence-corrected chi connectivity index (χ4v) is 0.499. The fraction of sp³-hybridized carbons (Fsp3) is 0.600. The van der Waals surface area contributed by atoms with Gasteiger partial charge in [-0.3, -0.25) is 4.79 Å². The van der Waals surface area contributed by atoms with Crippen LogP contribution < -0.4 is 5.73 Å². The Bertz CT molecular complexity index is 226. The van der Waals surface area contributed by atoms with Crippen molar-refractivity contribution in [2.75, 3.05) is 13.6 Å². The van der Waals surface area contributed by atoms with E-state index in [0.29, 0.717) is 4.90 Å². The minimum Gasteiger partial charge on any atom is -0.480 e. The second-order valence-electron chi connectivity index (χ2n) is 2.19. The van der Waals surface area contributed by atoms with E-state index >= 15 is 0 Å². The number of halogens is 3. The van der Waals surface area contributed by atoms with Crippen LogP contribution in [0.15, 0.2) is 4.99 Å². The molecule has 0 aromatic rings. The fourth-order valence-electron chi connectivity index (χ4n) is 0.499. The zero-order valence-corrected chi connectivity index (χ0v) is 6.67. The lowest BCUT2D eigenvalue weighted by atomic mass is 10.6. The zero-order chi connectivity index (χ0) is 10.6. The number of aliphatic carboxylic acids is 1. The molecule has 0 rings (SSSR count). The van der Waals surface area contributed by atoms with E-state index in [0.717, 1.165) is 7.05 Å². The number of hydrogen-bond donors (Lipinski definition) is 2. The van der Waals surface area contributed by atoms with E-state index in [1.54, 1.807) is 0 Å². The Morgan fingerprint density at radius 2 is 2.08 bits per heavy atom. The number of nitrogens with zero attached hydrogens (tertiary/aromatic N) is 2. The summed E-state index contributed by atoms with van der Waals surface area (Å²) in [7, 11) is 1.10. The molecule has 0 saturated carbocycles. The SMILES string of the molecule is CN(CC(=O)O)C(N)=NC(F)(F)F. The van der Waals surface area contributed by atoms with Gasteiger partial charge in [0.1, 0.15) is 6.54 Å². The molecule has 0 saturated heterocycles. The van der Waals surface area contributed by atoms with Gasteiger partial charge in [0.15, 0.2) is 5.96 Å². The molecular weight excluding hydrogens is 191 g/mol. The Morgan fingerprint density at radius 3 is 2.38 bits per heavy atom. The maximum Gasteiger partial charge on any atom is 0.506 e. The van der Waals surface area contributed by atoms with Crippen LogP contribution in [0.5, 0.6) is 0 Å². The van der Waals surface area contributed by atoms with Crippen molar-refractivity contribution in [3.05, 3.63) is 0 Å². The van der Waals surface area contributed by atoms with Crippen LogP contribution in [0.3, 0.4) is 0 Å². The predicted octanol–water partition coefficient (Wildman–Crippen LogP) is -0.163. The largest absolute Gasteiger partial charge is 0.506 e. The van der Waals surface area contributed by atoms with Gasteiger partial charge in [-0.05, 0) is 0 Å². The van der Waals surface area contributed by atoms with Crippen molar-refractivity contribution in [2.24, 2.45) is 10.7 Å². The first kappa shape index (κ1) is 11.5. The average molecular weight is 199 g/mol. The molecule has 0 radical (unpaired) electrons. The summed E-state index contributed by atoms with van der Waals surface area (Å²) in [5.41, 5.74) is 4.84. The summed E-state index contributed by atoms with van der Waals surface area (Å²) in [6.07, 6.45) is -4.78. The van der Waals surface area contributed by atoms with Gasteiger partial charge >= 0.3 is 12.3 Å². The monoisotopic (exact) mass is 199 g/mol. The Balaban J connectivity index is 4.33. The van der Waals surface area contributed by atoms with Gasteiger partial charge in [-0.15, -0.1) is 13.2 Å². The van der Waals surface area contributed by atoms with Crippen LogP contribution in [-0.2, 0) is 4.79 Å². The predicted molar refractivity (Wildman–Crippen MR) is 37.9 cm³/mol. The molecule has 0 aliphatic heterocycles. The molecule has 0 aliphatic rings. The summed E-state index contributed by atoms with van der Waals surface area (Å²) in [5.74, 6) is -2.17. The molecule has 5 nitrogen and oxygen atoms in total. The van der Waals surface area contributed by atoms with Crippen molar-refractivity contribution < 1.29 is 23.1 Å². The van der Waals surface area contributed by atoms with Gasteiger partial charge in [0.05, 0.1) is 0 Å². The summed E-state index contributed by atoms with van der Waals surface area (Å²) in [5, 5.41) is 8.20. The minimum absolute atomic E-state index is 0.634. The molecule has 0 aromatic heterocycles. The van der Waals surface area contributed by atoms with Gasteiger partial charge in [0, 0.05) is 7.05 Å². The third kappa shape index (κ3) is 5.76. The highest BCUT2D eigenvalue weighted by Gasteiger charge is 2.27. The number of nitrogens with two attached hydrogens (primary N) is 1. The minimum atomic E-state index is -4.78. The average Bonchev–Trinajstić information content (AvgIpc) is 1.81. The van der Waals surface area contributed by atoms with Crippen LogP contribution in [-0.4, -0.2) is 41.8 Å². The molecule has 13 heavy (non-hydrogen) atoms. The van der Waals surface area contributed by atoms with E-state index in [-0.39, 0.29) is 0 Å². The maximum atomic E-state index is 11.6. The summed E-state index contributed by atoms with van der Waals surface area (Å²) in [4.78, 5) is 12.8. The molecule has 0 heterocycles. The van der Waals surface area contributed by atoms with E-state index in [4.69, 9.17) is 10.8 Å². The van der Waals surface area contributed by atoms with E-state index in [1.807, 2.05) is 0 Å². The topological polar surface area (TPSA) is 78.9 Å². The molecule has 0 aromatic carbocycles. The number of rotatable bonds is 2. The Morgan fingerprint density at radius 1 is 1.62 bits per heavy atom. The number of hydrogen-bond acceptors (Lipinski definition) is 2. The molecular formula is C5H8F3N3O2. The highest BCUT2D eigenvalue weighted by atomic mass is 19.4. The zero-order valence-electron chi connectivity index (χ0n) is 6.67. The number of carbonyl (C=O) groups is 1. The second-order valence-corrected chi connectivity index (χ2v) is 2.19. The van der Waals surface area contributed by atoms with Gasteiger partial charge in [-0.1, -0.05) is 0 Å². The van der Waals surface area contributed by atoms with E-state index < -0.39 is 24.8 Å². The van der Waals surface area contributed by atoms with Crippen LogP contribution >= 0.6 is 0 Å². The van der Waals surface area contributed by atoms with Crippen molar-refractivity contribution in [1.29, 1.82) is 0 Å². The second kappa shape index (κ2) is 3.97. The molecule has 76 valence electrons. The van der Waals surface area contributed by atoms with E-state index in [1.165, 1.54) is 0 Å². The van der Waals surface area contributed by atoms with Crippen molar-refractivity contribution in [3.63, 3.8) is 0 Å². The lowest BCUT2D eigenvalue weighted by Crippen LogP contribution is -2.38. The first-order chi connectivity index (χ1) is 5.72. The van der Waals surface area contributed by atoms with E-state index in [9.17, 15) is 18.0 Å². The van der Waals surface area contributed by atoms with Gasteiger partial charge < -0.3 is 15.7 Å². The number of carboxylic acid groups (broad SMARTS) is 1. The first-order valence-electron chi connectivity index (χ1n) is 3.07. The summed E-state index contributed by atoms with van der Waals surface area (Å²) in [6, 6.07) is 0. The van der Waals surface area contributed by atoms with Crippen LogP contribution in [0.25, 0.3) is 0 Å². The molecule has 0 bridgehead atoms. The third-order valence-electron chi connectivity index (χ3n) is 1.00. The van der Waals surface area contributed by atoms with Gasteiger partial charge in [0.25, 0.3) is 0 Å². The Kier molecular flexibility index (Phi) is 3.52. The van der Waals surface area contributed by atoms with Gasteiger partial charge in [0.2, 0.25) is 0 Å². The third-order valence-corrected chi connectivity index (χ3v) is 1.00. The highest BCUT2D eigenvalue weighted by Crippen LogP contribution is 2.15. The summed E-state index contributed by atoms with van der Waals surface area (Å²) in [6.45, 7) is -0.634. The highest BCUT2D eigenvalue weighted by molar-refractivity contribution is 5.82. The lowest BCUT2D eigenvalue weighted by Gasteiger charge is -2.15.